The Labute approximate surface area is 189 Å². The summed E-state index contributed by atoms with van der Waals surface area (Å²) >= 11 is 11.8. The molecule has 3 rings (SSSR count). The third-order valence-corrected chi connectivity index (χ3v) is 7.94. The molecule has 1 heterocycles. The molecular weight excluding hydrogens is 473 g/mol. The smallest absolute Gasteiger partial charge is 0.244 e. The maximum absolute atomic E-state index is 13.6. The molecule has 0 radical (unpaired) electrons. The van der Waals surface area contributed by atoms with Crippen LogP contribution >= 0.6 is 23.2 Å². The summed E-state index contributed by atoms with van der Waals surface area (Å²) in [6.07, 6.45) is 0.481. The van der Waals surface area contributed by atoms with Gasteiger partial charge in [0, 0.05) is 37.0 Å². The van der Waals surface area contributed by atoms with Crippen molar-refractivity contribution >= 4 is 38.9 Å². The number of nitrogens with one attached hydrogen (secondary N) is 1. The SMILES string of the molecule is O=S(=O)(c1cc(C(O)Nc2cc(F)c(F)c(Cl)c2)ccc1Cl)N1CCC(CCO)CC1. The van der Waals surface area contributed by atoms with Gasteiger partial charge in [-0.2, -0.15) is 4.31 Å². The van der Waals surface area contributed by atoms with E-state index in [1.165, 1.54) is 22.5 Å². The number of halogens is 4. The minimum atomic E-state index is -3.91. The Bertz CT molecular complexity index is 1020. The highest BCUT2D eigenvalue weighted by Crippen LogP contribution is 2.32. The van der Waals surface area contributed by atoms with Crippen LogP contribution in [0.4, 0.5) is 14.5 Å². The molecule has 31 heavy (non-hydrogen) atoms. The van der Waals surface area contributed by atoms with Gasteiger partial charge < -0.3 is 15.5 Å². The molecule has 1 atom stereocenters. The molecule has 11 heteroatoms. The Balaban J connectivity index is 1.81. The molecule has 0 aromatic heterocycles. The van der Waals surface area contributed by atoms with Gasteiger partial charge >= 0.3 is 0 Å². The first-order valence-corrected chi connectivity index (χ1v) is 11.8. The number of nitrogens with zero attached hydrogens (tertiary/aromatic N) is 1. The van der Waals surface area contributed by atoms with Gasteiger partial charge in [0.15, 0.2) is 17.9 Å². The minimum Gasteiger partial charge on any atom is -0.396 e. The van der Waals surface area contributed by atoms with Crippen LogP contribution in [-0.4, -0.2) is 42.6 Å². The summed E-state index contributed by atoms with van der Waals surface area (Å²) in [4.78, 5) is -0.156. The molecular formula is C20H22Cl2F2N2O4S. The fraction of sp³-hybridized carbons (Fsp3) is 0.400. The lowest BCUT2D eigenvalue weighted by Gasteiger charge is -2.31. The van der Waals surface area contributed by atoms with Crippen molar-refractivity contribution in [3.63, 3.8) is 0 Å². The maximum Gasteiger partial charge on any atom is 0.244 e. The average molecular weight is 495 g/mol. The number of hydrogen-bond acceptors (Lipinski definition) is 5. The zero-order valence-electron chi connectivity index (χ0n) is 16.4. The largest absolute Gasteiger partial charge is 0.396 e. The van der Waals surface area contributed by atoms with E-state index in [9.17, 15) is 22.3 Å². The molecule has 1 unspecified atom stereocenters. The minimum absolute atomic E-state index is 0.00398. The van der Waals surface area contributed by atoms with Gasteiger partial charge in [-0.15, -0.1) is 0 Å². The molecule has 0 saturated carbocycles. The van der Waals surface area contributed by atoms with E-state index in [1.54, 1.807) is 0 Å². The number of rotatable bonds is 7. The van der Waals surface area contributed by atoms with Gasteiger partial charge in [0.2, 0.25) is 10.0 Å². The van der Waals surface area contributed by atoms with Crippen LogP contribution in [0.2, 0.25) is 10.0 Å². The Morgan fingerprint density at radius 1 is 1.13 bits per heavy atom. The zero-order chi connectivity index (χ0) is 22.8. The van der Waals surface area contributed by atoms with Crippen LogP contribution in [0.5, 0.6) is 0 Å². The summed E-state index contributed by atoms with van der Waals surface area (Å²) < 4.78 is 54.5. The predicted molar refractivity (Wildman–Crippen MR) is 115 cm³/mol. The molecule has 0 spiro atoms. The van der Waals surface area contributed by atoms with Crippen LogP contribution in [0.15, 0.2) is 35.2 Å². The summed E-state index contributed by atoms with van der Waals surface area (Å²) in [5, 5.41) is 21.6. The number of hydrogen-bond donors (Lipinski definition) is 3. The van der Waals surface area contributed by atoms with Gasteiger partial charge in [0.05, 0.1) is 10.0 Å². The molecule has 3 N–H and O–H groups in total. The molecule has 0 amide bonds. The fourth-order valence-electron chi connectivity index (χ4n) is 3.53. The van der Waals surface area contributed by atoms with Crippen molar-refractivity contribution in [2.24, 2.45) is 5.92 Å². The second-order valence-corrected chi connectivity index (χ2v) is 10.1. The molecule has 1 fully saturated rings. The summed E-state index contributed by atoms with van der Waals surface area (Å²) in [5.41, 5.74) is 0.181. The van der Waals surface area contributed by atoms with Gasteiger partial charge in [-0.1, -0.05) is 29.3 Å². The molecule has 0 aliphatic carbocycles. The van der Waals surface area contributed by atoms with Gasteiger partial charge in [-0.25, -0.2) is 17.2 Å². The quantitative estimate of drug-likeness (QED) is 0.397. The molecule has 1 saturated heterocycles. The van der Waals surface area contributed by atoms with Gasteiger partial charge in [0.1, 0.15) is 4.90 Å². The molecule has 170 valence electrons. The van der Waals surface area contributed by atoms with Crippen LogP contribution < -0.4 is 5.32 Å². The number of sulfonamides is 1. The maximum atomic E-state index is 13.6. The highest BCUT2D eigenvalue weighted by atomic mass is 35.5. The van der Waals surface area contributed by atoms with E-state index in [1.807, 2.05) is 0 Å². The van der Waals surface area contributed by atoms with Crippen molar-refractivity contribution in [1.82, 2.24) is 4.31 Å². The van der Waals surface area contributed by atoms with E-state index in [0.29, 0.717) is 32.4 Å². The Kier molecular flexibility index (Phi) is 7.77. The van der Waals surface area contributed by atoms with E-state index in [-0.39, 0.29) is 33.7 Å². The normalized spacial score (nSPS) is 17.0. The fourth-order valence-corrected chi connectivity index (χ4v) is 5.71. The lowest BCUT2D eigenvalue weighted by molar-refractivity contribution is 0.207. The van der Waals surface area contributed by atoms with Crippen molar-refractivity contribution < 1.29 is 27.4 Å². The third-order valence-electron chi connectivity index (χ3n) is 5.29. The highest BCUT2D eigenvalue weighted by molar-refractivity contribution is 7.89. The number of aliphatic hydroxyl groups excluding tert-OH is 2. The molecule has 2 aromatic rings. The summed E-state index contributed by atoms with van der Waals surface area (Å²) in [7, 11) is -3.91. The first-order valence-electron chi connectivity index (χ1n) is 9.63. The third kappa shape index (κ3) is 5.47. The lowest BCUT2D eigenvalue weighted by atomic mass is 9.95. The first kappa shape index (κ1) is 24.2. The monoisotopic (exact) mass is 494 g/mol. The Morgan fingerprint density at radius 2 is 1.81 bits per heavy atom. The van der Waals surface area contributed by atoms with Gasteiger partial charge in [-0.3, -0.25) is 0 Å². The van der Waals surface area contributed by atoms with Crippen LogP contribution in [0.3, 0.4) is 0 Å². The summed E-state index contributed by atoms with van der Waals surface area (Å²) in [6, 6.07) is 5.96. The van der Waals surface area contributed by atoms with Crippen molar-refractivity contribution in [2.75, 3.05) is 25.0 Å². The average Bonchev–Trinajstić information content (AvgIpc) is 2.72. The van der Waals surface area contributed by atoms with E-state index in [2.05, 4.69) is 5.32 Å². The molecule has 1 aliphatic rings. The van der Waals surface area contributed by atoms with Crippen molar-refractivity contribution in [2.45, 2.75) is 30.4 Å². The Morgan fingerprint density at radius 3 is 2.42 bits per heavy atom. The lowest BCUT2D eigenvalue weighted by Crippen LogP contribution is -2.38. The highest BCUT2D eigenvalue weighted by Gasteiger charge is 2.31. The zero-order valence-corrected chi connectivity index (χ0v) is 18.7. The second kappa shape index (κ2) is 9.97. The van der Waals surface area contributed by atoms with Crippen LogP contribution in [0.25, 0.3) is 0 Å². The van der Waals surface area contributed by atoms with Gasteiger partial charge in [0.25, 0.3) is 0 Å². The van der Waals surface area contributed by atoms with E-state index in [4.69, 9.17) is 28.3 Å². The summed E-state index contributed by atoms with van der Waals surface area (Å²) in [5.74, 6) is -2.12. The van der Waals surface area contributed by atoms with E-state index < -0.39 is 32.9 Å². The number of benzene rings is 2. The Hall–Kier alpha value is -1.49. The van der Waals surface area contributed by atoms with Crippen LogP contribution in [0.1, 0.15) is 31.1 Å². The van der Waals surface area contributed by atoms with E-state index >= 15 is 0 Å². The molecule has 0 bridgehead atoms. The number of anilines is 1. The van der Waals surface area contributed by atoms with Crippen molar-refractivity contribution in [3.8, 4) is 0 Å². The van der Waals surface area contributed by atoms with Crippen LogP contribution in [0, 0.1) is 17.6 Å². The topological polar surface area (TPSA) is 89.9 Å². The number of aliphatic hydroxyl groups is 2. The molecule has 6 nitrogen and oxygen atoms in total. The standard InChI is InChI=1S/C20H22Cl2F2N2O4S/c21-15-2-1-13(20(28)25-14-10-16(22)19(24)17(23)11-14)9-18(15)31(29,30)26-6-3-12(4-7-26)5-8-27/h1-2,9-12,20,25,27-28H,3-8H2. The number of piperidine rings is 1. The van der Waals surface area contributed by atoms with Gasteiger partial charge in [-0.05, 0) is 43.4 Å². The van der Waals surface area contributed by atoms with Crippen molar-refractivity contribution in [1.29, 1.82) is 0 Å². The molecule has 1 aliphatic heterocycles. The van der Waals surface area contributed by atoms with Crippen molar-refractivity contribution in [3.05, 3.63) is 57.6 Å². The molecule has 2 aromatic carbocycles. The summed E-state index contributed by atoms with van der Waals surface area (Å²) in [6.45, 7) is 0.683. The van der Waals surface area contributed by atoms with E-state index in [0.717, 1.165) is 12.1 Å². The first-order chi connectivity index (χ1) is 14.6. The second-order valence-electron chi connectivity index (χ2n) is 7.35. The predicted octanol–water partition coefficient (Wildman–Crippen LogP) is 4.16. The van der Waals surface area contributed by atoms with Crippen LogP contribution in [-0.2, 0) is 10.0 Å².